The Bertz CT molecular complexity index is 768. The molecule has 0 aromatic heterocycles. The van der Waals surface area contributed by atoms with Gasteiger partial charge in [0.2, 0.25) is 15.9 Å². The number of hydrogen-bond acceptors (Lipinski definition) is 6. The number of benzene rings is 1. The van der Waals surface area contributed by atoms with Crippen molar-refractivity contribution in [3.8, 4) is 0 Å². The van der Waals surface area contributed by atoms with Crippen LogP contribution in [0.15, 0.2) is 24.3 Å². The van der Waals surface area contributed by atoms with Crippen molar-refractivity contribution in [2.45, 2.75) is 38.1 Å². The van der Waals surface area contributed by atoms with Crippen LogP contribution in [0.3, 0.4) is 0 Å². The summed E-state index contributed by atoms with van der Waals surface area (Å²) in [5, 5.41) is 14.0. The lowest BCUT2D eigenvalue weighted by molar-refractivity contribution is -0.384. The van der Waals surface area contributed by atoms with E-state index in [4.69, 9.17) is 0 Å². The molecule has 1 aromatic rings. The molecular weight excluding hydrogens is 372 g/mol. The number of anilines is 1. The fraction of sp³-hybridized carbons (Fsp3) is 0.588. The van der Waals surface area contributed by atoms with Gasteiger partial charge < -0.3 is 10.2 Å². The van der Waals surface area contributed by atoms with Crippen molar-refractivity contribution in [3.63, 3.8) is 0 Å². The summed E-state index contributed by atoms with van der Waals surface area (Å²) < 4.78 is 24.9. The van der Waals surface area contributed by atoms with E-state index in [0.717, 1.165) is 25.5 Å². The van der Waals surface area contributed by atoms with E-state index >= 15 is 0 Å². The van der Waals surface area contributed by atoms with E-state index in [-0.39, 0.29) is 24.1 Å². The molecule has 0 spiro atoms. The first-order valence-corrected chi connectivity index (χ1v) is 10.9. The predicted molar refractivity (Wildman–Crippen MR) is 103 cm³/mol. The molecular formula is C17H26N4O5S. The molecule has 1 saturated heterocycles. The van der Waals surface area contributed by atoms with E-state index in [0.29, 0.717) is 31.7 Å². The number of para-hydroxylation sites is 2. The smallest absolute Gasteiger partial charge is 0.292 e. The highest BCUT2D eigenvalue weighted by Gasteiger charge is 2.26. The zero-order chi connectivity index (χ0) is 19.9. The summed E-state index contributed by atoms with van der Waals surface area (Å²) in [6.07, 6.45) is 4.72. The predicted octanol–water partition coefficient (Wildman–Crippen LogP) is 1.72. The summed E-state index contributed by atoms with van der Waals surface area (Å²) in [5.41, 5.74) is 0.371. The first kappa shape index (κ1) is 21.1. The molecule has 0 saturated carbocycles. The van der Waals surface area contributed by atoms with Crippen molar-refractivity contribution in [2.75, 3.05) is 31.2 Å². The van der Waals surface area contributed by atoms with Crippen molar-refractivity contribution < 1.29 is 18.1 Å². The first-order chi connectivity index (χ1) is 12.8. The van der Waals surface area contributed by atoms with E-state index in [9.17, 15) is 23.3 Å². The van der Waals surface area contributed by atoms with Gasteiger partial charge in [-0.15, -0.1) is 0 Å². The second kappa shape index (κ2) is 9.65. The molecule has 10 heteroatoms. The number of likely N-dealkylation sites (tertiary alicyclic amines) is 1. The number of rotatable bonds is 9. The molecule has 150 valence electrons. The van der Waals surface area contributed by atoms with Crippen LogP contribution in [-0.4, -0.2) is 56.1 Å². The zero-order valence-corrected chi connectivity index (χ0v) is 16.2. The third-order valence-corrected chi connectivity index (χ3v) is 5.27. The normalized spacial score (nSPS) is 17.5. The third-order valence-electron chi connectivity index (χ3n) is 4.54. The van der Waals surface area contributed by atoms with Crippen molar-refractivity contribution in [3.05, 3.63) is 34.4 Å². The summed E-state index contributed by atoms with van der Waals surface area (Å²) in [7, 11) is -3.24. The Morgan fingerprint density at radius 2 is 2.04 bits per heavy atom. The lowest BCUT2D eigenvalue weighted by Crippen LogP contribution is -2.45. The van der Waals surface area contributed by atoms with Gasteiger partial charge in [0.25, 0.3) is 5.69 Å². The van der Waals surface area contributed by atoms with Gasteiger partial charge in [0.15, 0.2) is 0 Å². The van der Waals surface area contributed by atoms with E-state index in [1.165, 1.54) is 6.07 Å². The minimum absolute atomic E-state index is 0.0200. The maximum absolute atomic E-state index is 12.6. The quantitative estimate of drug-likeness (QED) is 0.482. The molecule has 2 rings (SSSR count). The van der Waals surface area contributed by atoms with Gasteiger partial charge in [-0.2, -0.15) is 0 Å². The summed E-state index contributed by atoms with van der Waals surface area (Å²) in [5.74, 6) is -0.0230. The summed E-state index contributed by atoms with van der Waals surface area (Å²) in [4.78, 5) is 25.0. The number of carbonyl (C=O) groups excluding carboxylic acids is 1. The van der Waals surface area contributed by atoms with E-state index in [1.54, 1.807) is 18.2 Å². The Morgan fingerprint density at radius 3 is 2.74 bits per heavy atom. The topological polar surface area (TPSA) is 122 Å². The maximum Gasteiger partial charge on any atom is 0.292 e. The van der Waals surface area contributed by atoms with Crippen LogP contribution in [0.5, 0.6) is 0 Å². The van der Waals surface area contributed by atoms with E-state index < -0.39 is 14.9 Å². The highest BCUT2D eigenvalue weighted by Crippen LogP contribution is 2.24. The molecule has 1 atom stereocenters. The van der Waals surface area contributed by atoms with E-state index in [1.807, 2.05) is 4.90 Å². The van der Waals surface area contributed by atoms with Crippen LogP contribution in [0.4, 0.5) is 11.4 Å². The Balaban J connectivity index is 1.87. The number of nitro benzene ring substituents is 1. The third kappa shape index (κ3) is 6.79. The van der Waals surface area contributed by atoms with Crippen LogP contribution in [0.2, 0.25) is 0 Å². The van der Waals surface area contributed by atoms with Gasteiger partial charge in [-0.05, 0) is 31.7 Å². The maximum atomic E-state index is 12.6. The number of nitrogens with one attached hydrogen (secondary N) is 2. The van der Waals surface area contributed by atoms with Gasteiger partial charge in [0.05, 0.1) is 11.2 Å². The average Bonchev–Trinajstić information content (AvgIpc) is 2.61. The molecule has 1 heterocycles. The minimum atomic E-state index is -3.24. The minimum Gasteiger partial charge on any atom is -0.379 e. The highest BCUT2D eigenvalue weighted by molar-refractivity contribution is 7.88. The molecule has 1 aliphatic rings. The van der Waals surface area contributed by atoms with Crippen LogP contribution in [-0.2, 0) is 14.8 Å². The van der Waals surface area contributed by atoms with Crippen molar-refractivity contribution in [1.82, 2.24) is 9.62 Å². The Kier molecular flexibility index (Phi) is 7.55. The number of amides is 1. The standard InChI is InChI=1S/C17H26N4O5S/c1-27(25,26)19-12-9-14-6-4-5-13-20(14)17(22)10-11-18-15-7-2-3-8-16(15)21(23)24/h2-3,7-8,14,18-19H,4-6,9-13H2,1H3/t14-/m1/s1. The number of hydrogen-bond donors (Lipinski definition) is 2. The molecule has 27 heavy (non-hydrogen) atoms. The van der Waals surface area contributed by atoms with Gasteiger partial charge >= 0.3 is 0 Å². The average molecular weight is 398 g/mol. The van der Waals surface area contributed by atoms with Crippen LogP contribution in [0.25, 0.3) is 0 Å². The molecule has 2 N–H and O–H groups in total. The van der Waals surface area contributed by atoms with Gasteiger partial charge in [0.1, 0.15) is 5.69 Å². The molecule has 1 fully saturated rings. The highest BCUT2D eigenvalue weighted by atomic mass is 32.2. The molecule has 1 aliphatic heterocycles. The largest absolute Gasteiger partial charge is 0.379 e. The van der Waals surface area contributed by atoms with E-state index in [2.05, 4.69) is 10.0 Å². The zero-order valence-electron chi connectivity index (χ0n) is 15.4. The van der Waals surface area contributed by atoms with Crippen LogP contribution in [0.1, 0.15) is 32.1 Å². The summed E-state index contributed by atoms with van der Waals surface area (Å²) in [6.45, 7) is 1.27. The lowest BCUT2D eigenvalue weighted by Gasteiger charge is -2.36. The summed E-state index contributed by atoms with van der Waals surface area (Å²) >= 11 is 0. The molecule has 0 aliphatic carbocycles. The van der Waals surface area contributed by atoms with Gasteiger partial charge in [-0.25, -0.2) is 13.1 Å². The number of sulfonamides is 1. The first-order valence-electron chi connectivity index (χ1n) is 8.99. The number of nitro groups is 1. The Hall–Kier alpha value is -2.20. The van der Waals surface area contributed by atoms with Crippen molar-refractivity contribution in [1.29, 1.82) is 0 Å². The van der Waals surface area contributed by atoms with Gasteiger partial charge in [-0.3, -0.25) is 14.9 Å². The van der Waals surface area contributed by atoms with Gasteiger partial charge in [0, 0.05) is 38.2 Å². The van der Waals surface area contributed by atoms with Crippen molar-refractivity contribution >= 4 is 27.3 Å². The number of piperidine rings is 1. The van der Waals surface area contributed by atoms with Crippen molar-refractivity contribution in [2.24, 2.45) is 0 Å². The Labute approximate surface area is 159 Å². The molecule has 0 bridgehead atoms. The second-order valence-electron chi connectivity index (χ2n) is 6.64. The molecule has 1 amide bonds. The Morgan fingerprint density at radius 1 is 1.30 bits per heavy atom. The van der Waals surface area contributed by atoms with Crippen LogP contribution < -0.4 is 10.0 Å². The molecule has 0 unspecified atom stereocenters. The monoisotopic (exact) mass is 398 g/mol. The number of nitrogens with zero attached hydrogens (tertiary/aromatic N) is 2. The van der Waals surface area contributed by atoms with Gasteiger partial charge in [-0.1, -0.05) is 12.1 Å². The van der Waals surface area contributed by atoms with Crippen LogP contribution >= 0.6 is 0 Å². The fourth-order valence-electron chi connectivity index (χ4n) is 3.27. The SMILES string of the molecule is CS(=O)(=O)NCC[C@H]1CCCCN1C(=O)CCNc1ccccc1[N+](=O)[O-]. The lowest BCUT2D eigenvalue weighted by atomic mass is 9.99. The second-order valence-corrected chi connectivity index (χ2v) is 8.48. The molecule has 9 nitrogen and oxygen atoms in total. The summed E-state index contributed by atoms with van der Waals surface area (Å²) in [6, 6.07) is 6.35. The number of carbonyl (C=O) groups is 1. The molecule has 0 radical (unpaired) electrons. The molecule has 1 aromatic carbocycles. The van der Waals surface area contributed by atoms with Crippen LogP contribution in [0, 0.1) is 10.1 Å². The fourth-order valence-corrected chi connectivity index (χ4v) is 3.76.